The van der Waals surface area contributed by atoms with Crippen molar-refractivity contribution >= 4 is 15.9 Å². The number of hydrogen-bond acceptors (Lipinski definition) is 6. The highest BCUT2D eigenvalue weighted by Gasteiger charge is 2.32. The number of fused-ring (bicyclic) bond motifs is 1. The SMILES string of the molecule is CS(=O)(=O)N1CCc2c(nc([C@H]3CCCCN3C(=O)CC[C@H]3CCCO3)[nH]c2=O)C1. The Balaban J connectivity index is 1.54. The third-order valence-electron chi connectivity index (χ3n) is 6.37. The summed E-state index contributed by atoms with van der Waals surface area (Å²) in [6.45, 7) is 1.80. The second-order valence-corrected chi connectivity index (χ2v) is 10.5. The molecule has 0 aliphatic carbocycles. The van der Waals surface area contributed by atoms with Crippen molar-refractivity contribution < 1.29 is 17.9 Å². The van der Waals surface area contributed by atoms with Crippen LogP contribution < -0.4 is 5.56 Å². The molecule has 0 aromatic carbocycles. The first kappa shape index (κ1) is 21.5. The van der Waals surface area contributed by atoms with E-state index in [9.17, 15) is 18.0 Å². The predicted molar refractivity (Wildman–Crippen MR) is 110 cm³/mol. The van der Waals surface area contributed by atoms with Crippen molar-refractivity contribution in [2.24, 2.45) is 0 Å². The fourth-order valence-corrected chi connectivity index (χ4v) is 5.47. The van der Waals surface area contributed by atoms with Crippen molar-refractivity contribution in [1.82, 2.24) is 19.2 Å². The monoisotopic (exact) mass is 438 g/mol. The van der Waals surface area contributed by atoms with E-state index in [2.05, 4.69) is 9.97 Å². The van der Waals surface area contributed by atoms with E-state index >= 15 is 0 Å². The number of amides is 1. The van der Waals surface area contributed by atoms with Gasteiger partial charge in [0.1, 0.15) is 5.82 Å². The van der Waals surface area contributed by atoms with Crippen LogP contribution in [0.5, 0.6) is 0 Å². The van der Waals surface area contributed by atoms with E-state index in [0.717, 1.165) is 45.1 Å². The van der Waals surface area contributed by atoms with Gasteiger partial charge >= 0.3 is 0 Å². The zero-order valence-corrected chi connectivity index (χ0v) is 18.2. The summed E-state index contributed by atoms with van der Waals surface area (Å²) in [4.78, 5) is 35.0. The number of H-pyrrole nitrogens is 1. The second kappa shape index (κ2) is 8.76. The van der Waals surface area contributed by atoms with E-state index in [4.69, 9.17) is 4.74 Å². The molecule has 0 spiro atoms. The number of likely N-dealkylation sites (tertiary alicyclic amines) is 1. The highest BCUT2D eigenvalue weighted by Crippen LogP contribution is 2.30. The molecule has 0 saturated carbocycles. The first-order valence-electron chi connectivity index (χ1n) is 10.8. The summed E-state index contributed by atoms with van der Waals surface area (Å²) in [5, 5.41) is 0. The molecule has 1 N–H and O–H groups in total. The molecular weight excluding hydrogens is 408 g/mol. The maximum Gasteiger partial charge on any atom is 0.254 e. The Morgan fingerprint density at radius 1 is 1.23 bits per heavy atom. The lowest BCUT2D eigenvalue weighted by atomic mass is 9.99. The minimum Gasteiger partial charge on any atom is -0.378 e. The highest BCUT2D eigenvalue weighted by molar-refractivity contribution is 7.88. The standard InChI is InChI=1S/C20H30N4O5S/c1-30(27,28)23-11-9-15-16(13-23)21-19(22-20(15)26)17-6-2-3-10-24(17)18(25)8-7-14-5-4-12-29-14/h14,17H,2-13H2,1H3,(H,21,22,26)/t14-,17-/m1/s1. The zero-order chi connectivity index (χ0) is 21.3. The number of carbonyl (C=O) groups is 1. The molecule has 9 nitrogen and oxygen atoms in total. The minimum atomic E-state index is -3.35. The van der Waals surface area contributed by atoms with Crippen LogP contribution in [0.3, 0.4) is 0 Å². The number of rotatable bonds is 5. The fourth-order valence-electron chi connectivity index (χ4n) is 4.69. The Kier molecular flexibility index (Phi) is 6.26. The van der Waals surface area contributed by atoms with E-state index < -0.39 is 10.0 Å². The molecule has 2 atom stereocenters. The third kappa shape index (κ3) is 4.60. The van der Waals surface area contributed by atoms with Crippen LogP contribution in [0.25, 0.3) is 0 Å². The number of carbonyl (C=O) groups excluding carboxylic acids is 1. The molecule has 1 aromatic heterocycles. The summed E-state index contributed by atoms with van der Waals surface area (Å²) in [5.74, 6) is 0.535. The number of hydrogen-bond donors (Lipinski definition) is 1. The number of aromatic amines is 1. The van der Waals surface area contributed by atoms with Crippen LogP contribution >= 0.6 is 0 Å². The van der Waals surface area contributed by atoms with Gasteiger partial charge in [-0.25, -0.2) is 13.4 Å². The topological polar surface area (TPSA) is 113 Å². The van der Waals surface area contributed by atoms with Crippen molar-refractivity contribution in [3.63, 3.8) is 0 Å². The van der Waals surface area contributed by atoms with E-state index in [1.54, 1.807) is 0 Å². The van der Waals surface area contributed by atoms with Gasteiger partial charge < -0.3 is 14.6 Å². The largest absolute Gasteiger partial charge is 0.378 e. The zero-order valence-electron chi connectivity index (χ0n) is 17.4. The Morgan fingerprint density at radius 3 is 2.80 bits per heavy atom. The van der Waals surface area contributed by atoms with Gasteiger partial charge in [0.15, 0.2) is 0 Å². The van der Waals surface area contributed by atoms with Crippen LogP contribution in [0.15, 0.2) is 4.79 Å². The van der Waals surface area contributed by atoms with Crippen molar-refractivity contribution in [2.45, 2.75) is 70.1 Å². The minimum absolute atomic E-state index is 0.0633. The summed E-state index contributed by atoms with van der Waals surface area (Å²) in [6.07, 6.45) is 7.52. The predicted octanol–water partition coefficient (Wildman–Crippen LogP) is 1.10. The first-order chi connectivity index (χ1) is 14.3. The molecule has 10 heteroatoms. The molecule has 0 radical (unpaired) electrons. The summed E-state index contributed by atoms with van der Waals surface area (Å²) in [6, 6.07) is -0.276. The maximum atomic E-state index is 13.0. The molecule has 2 fully saturated rings. The smallest absolute Gasteiger partial charge is 0.254 e. The lowest BCUT2D eigenvalue weighted by molar-refractivity contribution is -0.136. The summed E-state index contributed by atoms with van der Waals surface area (Å²) in [7, 11) is -3.35. The van der Waals surface area contributed by atoms with Crippen LogP contribution in [0.1, 0.15) is 68.1 Å². The van der Waals surface area contributed by atoms with Crippen molar-refractivity contribution in [2.75, 3.05) is 26.0 Å². The summed E-state index contributed by atoms with van der Waals surface area (Å²) >= 11 is 0. The summed E-state index contributed by atoms with van der Waals surface area (Å²) < 4.78 is 30.9. The molecule has 1 amide bonds. The Bertz CT molecular complexity index is 954. The molecule has 3 aliphatic heterocycles. The molecule has 30 heavy (non-hydrogen) atoms. The number of nitrogens with one attached hydrogen (secondary N) is 1. The normalized spacial score (nSPS) is 25.3. The van der Waals surface area contributed by atoms with Crippen molar-refractivity contribution in [1.29, 1.82) is 0 Å². The van der Waals surface area contributed by atoms with Gasteiger partial charge in [-0.05, 0) is 44.9 Å². The van der Waals surface area contributed by atoms with Crippen LogP contribution in [0.2, 0.25) is 0 Å². The molecule has 1 aromatic rings. The van der Waals surface area contributed by atoms with Gasteiger partial charge in [0.05, 0.1) is 30.6 Å². The molecule has 166 valence electrons. The molecular formula is C20H30N4O5S. The third-order valence-corrected chi connectivity index (χ3v) is 7.62. The molecule has 0 bridgehead atoms. The highest BCUT2D eigenvalue weighted by atomic mass is 32.2. The number of piperidine rings is 1. The number of nitrogens with zero attached hydrogens (tertiary/aromatic N) is 3. The van der Waals surface area contributed by atoms with Crippen molar-refractivity contribution in [3.05, 3.63) is 27.4 Å². The lowest BCUT2D eigenvalue weighted by Crippen LogP contribution is -2.42. The van der Waals surface area contributed by atoms with Gasteiger partial charge in [-0.3, -0.25) is 9.59 Å². The summed E-state index contributed by atoms with van der Waals surface area (Å²) in [5.41, 5.74) is 0.828. The Labute approximate surface area is 176 Å². The van der Waals surface area contributed by atoms with Crippen LogP contribution in [0.4, 0.5) is 0 Å². The average molecular weight is 439 g/mol. The molecule has 0 unspecified atom stereocenters. The molecule has 2 saturated heterocycles. The second-order valence-electron chi connectivity index (χ2n) is 8.50. The maximum absolute atomic E-state index is 13.0. The van der Waals surface area contributed by atoms with Gasteiger partial charge in [0, 0.05) is 31.7 Å². The Hall–Kier alpha value is -1.78. The van der Waals surface area contributed by atoms with E-state index in [-0.39, 0.29) is 36.7 Å². The van der Waals surface area contributed by atoms with E-state index in [1.165, 1.54) is 10.6 Å². The number of aromatic nitrogens is 2. The number of sulfonamides is 1. The first-order valence-corrected chi connectivity index (χ1v) is 12.7. The van der Waals surface area contributed by atoms with Crippen LogP contribution in [-0.2, 0) is 32.5 Å². The average Bonchev–Trinajstić information content (AvgIpc) is 3.24. The Morgan fingerprint density at radius 2 is 2.07 bits per heavy atom. The van der Waals surface area contributed by atoms with Gasteiger partial charge in [-0.15, -0.1) is 0 Å². The molecule has 4 heterocycles. The van der Waals surface area contributed by atoms with Crippen molar-refractivity contribution in [3.8, 4) is 0 Å². The molecule has 3 aliphatic rings. The van der Waals surface area contributed by atoms with Gasteiger partial charge in [0.25, 0.3) is 5.56 Å². The quantitative estimate of drug-likeness (QED) is 0.737. The fraction of sp³-hybridized carbons (Fsp3) is 0.750. The van der Waals surface area contributed by atoms with Gasteiger partial charge in [-0.1, -0.05) is 0 Å². The van der Waals surface area contributed by atoms with E-state index in [0.29, 0.717) is 36.5 Å². The lowest BCUT2D eigenvalue weighted by Gasteiger charge is -2.36. The van der Waals surface area contributed by atoms with Gasteiger partial charge in [0.2, 0.25) is 15.9 Å². The molecule has 4 rings (SSSR count). The van der Waals surface area contributed by atoms with E-state index in [1.807, 2.05) is 4.90 Å². The van der Waals surface area contributed by atoms with Gasteiger partial charge in [-0.2, -0.15) is 4.31 Å². The van der Waals surface area contributed by atoms with Crippen LogP contribution in [-0.4, -0.2) is 65.6 Å². The van der Waals surface area contributed by atoms with Crippen LogP contribution in [0, 0.1) is 0 Å². The number of ether oxygens (including phenoxy) is 1.